The number of hydrogen-bond acceptors (Lipinski definition) is 9. The van der Waals surface area contributed by atoms with E-state index in [4.69, 9.17) is 18.7 Å². The van der Waals surface area contributed by atoms with Crippen LogP contribution in [0.5, 0.6) is 0 Å². The predicted octanol–water partition coefficient (Wildman–Crippen LogP) is 10.1. The normalized spacial score (nSPS) is 19.8. The lowest BCUT2D eigenvalue weighted by atomic mass is 9.94. The smallest absolute Gasteiger partial charge is 0.419 e. The number of hydrogen-bond donors (Lipinski definition) is 0. The summed E-state index contributed by atoms with van der Waals surface area (Å²) in [4.78, 5) is 43.9. The lowest BCUT2D eigenvalue weighted by molar-refractivity contribution is -0.160. The molecular weight excluding hydrogens is 691 g/mol. The molecule has 0 saturated carbocycles. The van der Waals surface area contributed by atoms with E-state index >= 15 is 0 Å². The van der Waals surface area contributed by atoms with Gasteiger partial charge in [0.25, 0.3) is 0 Å². The van der Waals surface area contributed by atoms with Crippen molar-refractivity contribution >= 4 is 36.3 Å². The number of imide groups is 1. The van der Waals surface area contributed by atoms with Crippen molar-refractivity contribution in [1.82, 2.24) is 9.80 Å². The average molecular weight is 751 g/mol. The van der Waals surface area contributed by atoms with Gasteiger partial charge < -0.3 is 18.7 Å². The first-order chi connectivity index (χ1) is 24.7. The lowest BCUT2D eigenvalue weighted by Crippen LogP contribution is -2.56. The average Bonchev–Trinajstić information content (AvgIpc) is 3.03. The highest BCUT2D eigenvalue weighted by atomic mass is 31.2. The molecule has 3 aromatic rings. The van der Waals surface area contributed by atoms with Crippen molar-refractivity contribution in [3.05, 3.63) is 72.3 Å². The number of fused-ring (bicyclic) bond motifs is 1. The van der Waals surface area contributed by atoms with Gasteiger partial charge in [0.05, 0.1) is 6.61 Å². The zero-order valence-electron chi connectivity index (χ0n) is 33.3. The minimum Gasteiger partial charge on any atom is -0.459 e. The Morgan fingerprint density at radius 3 is 1.94 bits per heavy atom. The van der Waals surface area contributed by atoms with E-state index < -0.39 is 47.5 Å². The molecule has 2 amide bonds. The summed E-state index contributed by atoms with van der Waals surface area (Å²) in [5, 5.41) is 0.819. The Labute approximate surface area is 315 Å². The maximum absolute atomic E-state index is 15.0. The zero-order valence-corrected chi connectivity index (χ0v) is 34.2. The fourth-order valence-electron chi connectivity index (χ4n) is 6.70. The van der Waals surface area contributed by atoms with Crippen LogP contribution in [0.1, 0.15) is 94.1 Å². The minimum absolute atomic E-state index is 0.0186. The van der Waals surface area contributed by atoms with E-state index in [0.29, 0.717) is 25.9 Å². The van der Waals surface area contributed by atoms with Gasteiger partial charge in [-0.1, -0.05) is 66.7 Å². The van der Waals surface area contributed by atoms with Gasteiger partial charge in [-0.05, 0) is 116 Å². The molecule has 0 bridgehead atoms. The molecule has 0 aromatic heterocycles. The number of ether oxygens (including phenoxy) is 3. The Hall–Kier alpha value is -3.72. The Bertz CT molecular complexity index is 1770. The van der Waals surface area contributed by atoms with E-state index in [1.165, 1.54) is 0 Å². The number of rotatable bonds is 11. The molecule has 3 aromatic carbocycles. The Kier molecular flexibility index (Phi) is 13.3. The van der Waals surface area contributed by atoms with Gasteiger partial charge in [-0.25, -0.2) is 14.5 Å². The van der Waals surface area contributed by atoms with Crippen molar-refractivity contribution in [1.29, 1.82) is 0 Å². The summed E-state index contributed by atoms with van der Waals surface area (Å²) in [5.41, 5.74) is 0.790. The summed E-state index contributed by atoms with van der Waals surface area (Å²) in [6.07, 6.45) is -0.641. The molecule has 290 valence electrons. The van der Waals surface area contributed by atoms with Crippen molar-refractivity contribution in [2.24, 2.45) is 0 Å². The van der Waals surface area contributed by atoms with Crippen LogP contribution < -0.4 is 0 Å². The molecule has 1 heterocycles. The van der Waals surface area contributed by atoms with Crippen LogP contribution in [0.2, 0.25) is 0 Å². The Morgan fingerprint density at radius 2 is 1.32 bits per heavy atom. The number of carbonyl (C=O) groups excluding carboxylic acids is 3. The topological polar surface area (TPSA) is 112 Å². The van der Waals surface area contributed by atoms with Crippen LogP contribution in [0.3, 0.4) is 0 Å². The van der Waals surface area contributed by atoms with Crippen molar-refractivity contribution < 1.29 is 37.7 Å². The maximum Gasteiger partial charge on any atom is 0.419 e. The first kappa shape index (κ1) is 42.0. The number of nitrogens with zero attached hydrogens (tertiary/aromatic N) is 2. The summed E-state index contributed by atoms with van der Waals surface area (Å²) in [5.74, 6) is -0.565. The molecule has 4 rings (SSSR count). The maximum atomic E-state index is 15.0. The second kappa shape index (κ2) is 16.7. The quantitative estimate of drug-likeness (QED) is 0.0818. The van der Waals surface area contributed by atoms with E-state index in [-0.39, 0.29) is 32.3 Å². The highest BCUT2D eigenvalue weighted by molar-refractivity contribution is 7.62. The van der Waals surface area contributed by atoms with E-state index in [2.05, 4.69) is 47.4 Å². The predicted molar refractivity (Wildman–Crippen MR) is 210 cm³/mol. The summed E-state index contributed by atoms with van der Waals surface area (Å²) in [6, 6.07) is 22.9. The minimum atomic E-state index is -3.61. The van der Waals surface area contributed by atoms with Crippen LogP contribution in [-0.2, 0) is 34.6 Å². The third-order valence-electron chi connectivity index (χ3n) is 8.91. The van der Waals surface area contributed by atoms with Crippen molar-refractivity contribution in [3.63, 3.8) is 0 Å². The fourth-order valence-corrected chi connectivity index (χ4v) is 9.71. The number of unbranched alkanes of at least 4 members (excludes halogenated alkanes) is 1. The van der Waals surface area contributed by atoms with Gasteiger partial charge >= 0.3 is 18.2 Å². The highest BCUT2D eigenvalue weighted by Crippen LogP contribution is 2.64. The van der Waals surface area contributed by atoms with Gasteiger partial charge in [-0.2, -0.15) is 0 Å². The summed E-state index contributed by atoms with van der Waals surface area (Å²) in [7, 11) is -3.61. The van der Waals surface area contributed by atoms with Gasteiger partial charge in [-0.15, -0.1) is 0 Å². The van der Waals surface area contributed by atoms with Gasteiger partial charge in [0.15, 0.2) is 5.16 Å². The molecule has 1 aliphatic heterocycles. The highest BCUT2D eigenvalue weighted by Gasteiger charge is 2.59. The summed E-state index contributed by atoms with van der Waals surface area (Å²) in [6.45, 7) is 18.8. The Morgan fingerprint density at radius 1 is 0.755 bits per heavy atom. The molecule has 0 radical (unpaired) electrons. The van der Waals surface area contributed by atoms with Crippen molar-refractivity contribution in [2.75, 3.05) is 32.4 Å². The first-order valence-electron chi connectivity index (χ1n) is 18.7. The molecule has 1 fully saturated rings. The number of esters is 1. The SMILES string of the molecule is CCOP1(=O)CCN(Cc2ccccc2-c2cccc3ccccc23)CC1(CCCCN(C(=O)OC(C)(C)C)C(=O)OC(C)(C)C)C(=O)OC(C)(C)C. The largest absolute Gasteiger partial charge is 0.459 e. The van der Waals surface area contributed by atoms with E-state index in [0.717, 1.165) is 32.4 Å². The molecule has 2 atom stereocenters. The van der Waals surface area contributed by atoms with Gasteiger partial charge in [0, 0.05) is 32.3 Å². The zero-order chi connectivity index (χ0) is 39.2. The second-order valence-corrected chi connectivity index (χ2v) is 19.7. The van der Waals surface area contributed by atoms with Crippen LogP contribution in [0.15, 0.2) is 66.7 Å². The molecule has 0 spiro atoms. The van der Waals surface area contributed by atoms with Gasteiger partial charge in [-0.3, -0.25) is 14.3 Å². The third kappa shape index (κ3) is 10.9. The number of benzene rings is 3. The Balaban J connectivity index is 1.66. The molecule has 10 nitrogen and oxygen atoms in total. The summed E-state index contributed by atoms with van der Waals surface area (Å²) >= 11 is 0. The van der Waals surface area contributed by atoms with E-state index in [1.807, 2.05) is 24.3 Å². The number of carbonyl (C=O) groups is 3. The van der Waals surface area contributed by atoms with Crippen LogP contribution in [0.4, 0.5) is 9.59 Å². The van der Waals surface area contributed by atoms with Crippen molar-refractivity contribution in [2.45, 2.75) is 117 Å². The number of amides is 2. The van der Waals surface area contributed by atoms with E-state index in [9.17, 15) is 18.9 Å². The molecule has 2 unspecified atom stereocenters. The van der Waals surface area contributed by atoms with Crippen molar-refractivity contribution in [3.8, 4) is 11.1 Å². The molecule has 53 heavy (non-hydrogen) atoms. The van der Waals surface area contributed by atoms with Crippen LogP contribution in [-0.4, -0.2) is 82.3 Å². The first-order valence-corrected chi connectivity index (χ1v) is 20.5. The lowest BCUT2D eigenvalue weighted by Gasteiger charge is -2.46. The molecule has 0 N–H and O–H groups in total. The molecule has 11 heteroatoms. The molecule has 1 aliphatic rings. The third-order valence-corrected chi connectivity index (χ3v) is 12.2. The van der Waals surface area contributed by atoms with E-state index in [1.54, 1.807) is 69.2 Å². The van der Waals surface area contributed by atoms with Gasteiger partial charge in [0.2, 0.25) is 7.37 Å². The van der Waals surface area contributed by atoms with Crippen LogP contribution in [0.25, 0.3) is 21.9 Å². The molecule has 1 saturated heterocycles. The fraction of sp³-hybridized carbons (Fsp3) is 0.548. The van der Waals surface area contributed by atoms with Crippen LogP contribution in [0, 0.1) is 0 Å². The molecular formula is C42H59N2O8P. The van der Waals surface area contributed by atoms with Crippen LogP contribution >= 0.6 is 7.37 Å². The summed E-state index contributed by atoms with van der Waals surface area (Å²) < 4.78 is 38.2. The standard InChI is InChI=1S/C42H59N2O8P/c1-11-49-53(48)28-27-43(29-32-20-13-15-23-34(32)35-24-18-21-31-19-12-14-22-33(31)35)30-42(53,36(45)50-39(2,3)4)25-16-17-26-44(37(46)51-40(5,6)7)38(47)52-41(8,9)10/h12-15,18-24H,11,16-17,25-30H2,1-10H3. The molecule has 0 aliphatic carbocycles. The monoisotopic (exact) mass is 750 g/mol. The second-order valence-electron chi connectivity index (χ2n) is 16.8. The van der Waals surface area contributed by atoms with Gasteiger partial charge in [0.1, 0.15) is 16.8 Å².